The van der Waals surface area contributed by atoms with Crippen LogP contribution in [0.2, 0.25) is 0 Å². The minimum atomic E-state index is -2.34. The van der Waals surface area contributed by atoms with Crippen LogP contribution in [0.15, 0.2) is 23.8 Å². The first-order chi connectivity index (χ1) is 16.2. The van der Waals surface area contributed by atoms with Crippen LogP contribution >= 0.6 is 34.6 Å². The van der Waals surface area contributed by atoms with E-state index >= 15 is 8.78 Å². The quantitative estimate of drug-likeness (QED) is 0.202. The SMILES string of the molecule is C[C@@H]1C[C@H]2[C@@H]3C[C@H](F)C4=CC(=O)C=C[C@]4(C)[C@@]3(F)[C@@H](O)C[C@]2(C)[C@]1(OC(=O)C(Cl)Cl)C(O)=[SH]CF. The van der Waals surface area contributed by atoms with Gasteiger partial charge in [0.25, 0.3) is 0 Å². The highest BCUT2D eigenvalue weighted by Gasteiger charge is 2.77. The van der Waals surface area contributed by atoms with E-state index in [2.05, 4.69) is 0 Å². The molecule has 4 rings (SSSR count). The topological polar surface area (TPSA) is 83.8 Å². The Morgan fingerprint density at radius 2 is 1.97 bits per heavy atom. The molecule has 0 saturated heterocycles. The number of carbonyl (C=O) groups excluding carboxylic acids is 2. The molecule has 0 aromatic carbocycles. The molecule has 2 N–H and O–H groups in total. The second-order valence-corrected chi connectivity index (χ2v) is 12.6. The van der Waals surface area contributed by atoms with Gasteiger partial charge in [-0.2, -0.15) is 0 Å². The van der Waals surface area contributed by atoms with E-state index < -0.39 is 79.8 Å². The van der Waals surface area contributed by atoms with Gasteiger partial charge in [-0.25, -0.2) is 18.0 Å². The number of allylic oxidation sites excluding steroid dienone is 4. The predicted octanol–water partition coefficient (Wildman–Crippen LogP) is 4.72. The standard InChI is InChI=1S/C24H29Cl2F3O5S/c1-11-6-13-14-8-16(28)15-7-12(30)4-5-21(15,2)23(14,29)17(31)9-22(13,3)24(11,20(33)35-10-27)34-19(32)18(25)26/h4-5,7,11,13-14,16-18,31,33,35H,6,8-10H2,1-3H3/t11-,13+,14+,16+,17+,21+,22+,23+,24-/m1/s1. The number of fused-ring (bicyclic) bond motifs is 5. The number of ether oxygens (including phenoxy) is 1. The lowest BCUT2D eigenvalue weighted by Crippen LogP contribution is -2.71. The highest BCUT2D eigenvalue weighted by molar-refractivity contribution is 7.98. The van der Waals surface area contributed by atoms with Gasteiger partial charge in [-0.15, -0.1) is 11.4 Å². The molecule has 0 spiro atoms. The highest BCUT2D eigenvalue weighted by atomic mass is 35.5. The molecule has 0 aliphatic heterocycles. The number of hydrogen-bond donors (Lipinski definition) is 3. The molecule has 0 bridgehead atoms. The minimum absolute atomic E-state index is 0.00683. The van der Waals surface area contributed by atoms with Crippen LogP contribution in [0, 0.1) is 28.6 Å². The Bertz CT molecular complexity index is 1040. The van der Waals surface area contributed by atoms with Crippen molar-refractivity contribution in [2.75, 3.05) is 6.01 Å². The predicted molar refractivity (Wildman–Crippen MR) is 130 cm³/mol. The molecule has 3 fully saturated rings. The third-order valence-electron chi connectivity index (χ3n) is 9.15. The lowest BCUT2D eigenvalue weighted by Gasteiger charge is -2.63. The minimum Gasteiger partial charge on any atom is -0.449 e. The molecule has 0 heterocycles. The summed E-state index contributed by atoms with van der Waals surface area (Å²) in [7, 11) is 0. The van der Waals surface area contributed by atoms with Gasteiger partial charge in [0, 0.05) is 22.7 Å². The monoisotopic (exact) mass is 556 g/mol. The maximum absolute atomic E-state index is 17.3. The number of carbonyl (C=O) groups is 2. The summed E-state index contributed by atoms with van der Waals surface area (Å²) in [5.74, 6) is -3.87. The molecule has 4 aliphatic carbocycles. The van der Waals surface area contributed by atoms with Gasteiger partial charge in [0.2, 0.25) is 4.84 Å². The molecule has 0 aromatic rings. The van der Waals surface area contributed by atoms with Gasteiger partial charge in [-0.3, -0.25) is 4.79 Å². The molecule has 5 nitrogen and oxygen atoms in total. The van der Waals surface area contributed by atoms with E-state index in [0.29, 0.717) is 0 Å². The smallest absolute Gasteiger partial charge is 0.340 e. The molecular formula is C24H29Cl2F3O5S. The van der Waals surface area contributed by atoms with Crippen LogP contribution in [0.1, 0.15) is 40.0 Å². The number of rotatable bonds is 4. The van der Waals surface area contributed by atoms with Crippen molar-refractivity contribution in [2.45, 2.75) is 68.4 Å². The van der Waals surface area contributed by atoms with Crippen molar-refractivity contribution >= 4 is 51.4 Å². The Kier molecular flexibility index (Phi) is 6.88. The molecule has 11 heteroatoms. The second-order valence-electron chi connectivity index (χ2n) is 10.6. The fraction of sp³-hybridized carbons (Fsp3) is 0.708. The van der Waals surface area contributed by atoms with Crippen LogP contribution in [-0.4, -0.2) is 61.4 Å². The molecule has 0 amide bonds. The van der Waals surface area contributed by atoms with Crippen molar-refractivity contribution < 1.29 is 37.7 Å². The van der Waals surface area contributed by atoms with E-state index in [9.17, 15) is 24.2 Å². The van der Waals surface area contributed by atoms with Gasteiger partial charge in [-0.1, -0.05) is 43.1 Å². The van der Waals surface area contributed by atoms with Crippen LogP contribution in [-0.2, 0) is 14.3 Å². The van der Waals surface area contributed by atoms with Crippen molar-refractivity contribution in [3.8, 4) is 0 Å². The summed E-state index contributed by atoms with van der Waals surface area (Å²) >= 11 is 11.3. The molecule has 0 unspecified atom stereocenters. The maximum Gasteiger partial charge on any atom is 0.340 e. The Labute approximate surface area is 215 Å². The molecule has 4 aliphatic rings. The van der Waals surface area contributed by atoms with Crippen LogP contribution in [0.3, 0.4) is 0 Å². The number of thiol groups is 1. The number of hydrogen-bond acceptors (Lipinski definition) is 4. The van der Waals surface area contributed by atoms with E-state index in [4.69, 9.17) is 27.9 Å². The summed E-state index contributed by atoms with van der Waals surface area (Å²) in [6.07, 6.45) is -0.0588. The Hall–Kier alpha value is -0.870. The van der Waals surface area contributed by atoms with Gasteiger partial charge >= 0.3 is 5.97 Å². The number of aliphatic hydroxyl groups is 2. The second kappa shape index (κ2) is 8.86. The zero-order valence-electron chi connectivity index (χ0n) is 19.5. The van der Waals surface area contributed by atoms with Crippen molar-refractivity contribution in [3.05, 3.63) is 23.8 Å². The van der Waals surface area contributed by atoms with Crippen LogP contribution < -0.4 is 0 Å². The molecule has 3 saturated carbocycles. The largest absolute Gasteiger partial charge is 0.449 e. The van der Waals surface area contributed by atoms with Crippen LogP contribution in [0.5, 0.6) is 0 Å². The van der Waals surface area contributed by atoms with E-state index in [1.54, 1.807) is 13.8 Å². The molecule has 35 heavy (non-hydrogen) atoms. The summed E-state index contributed by atoms with van der Waals surface area (Å²) in [4.78, 5) is 22.9. The molecular weight excluding hydrogens is 528 g/mol. The first kappa shape index (κ1) is 27.2. The number of esters is 1. The summed E-state index contributed by atoms with van der Waals surface area (Å²) in [5, 5.41) is 22.0. The first-order valence-corrected chi connectivity index (χ1v) is 13.4. The van der Waals surface area contributed by atoms with E-state index in [-0.39, 0.29) is 36.2 Å². The summed E-state index contributed by atoms with van der Waals surface area (Å²) in [5.41, 5.74) is -7.03. The summed E-state index contributed by atoms with van der Waals surface area (Å²) in [6.45, 7) is 4.79. The van der Waals surface area contributed by atoms with E-state index in [1.165, 1.54) is 19.1 Å². The summed E-state index contributed by atoms with van der Waals surface area (Å²) in [6, 6.07) is -0.972. The lowest BCUT2D eigenvalue weighted by atomic mass is 9.44. The Morgan fingerprint density at radius 3 is 2.57 bits per heavy atom. The average Bonchev–Trinajstić information content (AvgIpc) is 2.99. The zero-order valence-corrected chi connectivity index (χ0v) is 21.9. The van der Waals surface area contributed by atoms with Crippen molar-refractivity contribution in [3.63, 3.8) is 0 Å². The fourth-order valence-corrected chi connectivity index (χ4v) is 8.60. The van der Waals surface area contributed by atoms with Gasteiger partial charge in [0.1, 0.15) is 17.2 Å². The molecule has 9 atom stereocenters. The van der Waals surface area contributed by atoms with E-state index in [0.717, 1.165) is 6.08 Å². The zero-order chi connectivity index (χ0) is 26.1. The number of halogens is 5. The van der Waals surface area contributed by atoms with Crippen molar-refractivity contribution in [2.24, 2.45) is 28.6 Å². The Balaban J connectivity index is 1.89. The Morgan fingerprint density at radius 1 is 1.31 bits per heavy atom. The van der Waals surface area contributed by atoms with Gasteiger partial charge in [0.05, 0.1) is 6.10 Å². The van der Waals surface area contributed by atoms with Crippen LogP contribution in [0.25, 0.3) is 0 Å². The molecule has 196 valence electrons. The maximum atomic E-state index is 17.3. The molecule has 0 aromatic heterocycles. The third kappa shape index (κ3) is 3.47. The first-order valence-electron chi connectivity index (χ1n) is 11.5. The van der Waals surface area contributed by atoms with Gasteiger partial charge in [-0.05, 0) is 49.8 Å². The van der Waals surface area contributed by atoms with Gasteiger partial charge < -0.3 is 14.9 Å². The number of aliphatic hydroxyl groups excluding tert-OH is 2. The number of ketones is 1. The van der Waals surface area contributed by atoms with Crippen LogP contribution in [0.4, 0.5) is 13.2 Å². The van der Waals surface area contributed by atoms with Gasteiger partial charge in [0.15, 0.2) is 17.1 Å². The lowest BCUT2D eigenvalue weighted by molar-refractivity contribution is -0.221. The average molecular weight is 557 g/mol. The highest BCUT2D eigenvalue weighted by Crippen LogP contribution is 2.71. The van der Waals surface area contributed by atoms with Crippen molar-refractivity contribution in [1.82, 2.24) is 0 Å². The molecule has 0 radical (unpaired) electrons. The normalized spacial score (nSPS) is 47.4. The van der Waals surface area contributed by atoms with E-state index in [1.807, 2.05) is 0 Å². The fourth-order valence-electron chi connectivity index (χ4n) is 7.64. The summed E-state index contributed by atoms with van der Waals surface area (Å²) < 4.78 is 51.9. The number of alkyl halides is 5. The third-order valence-corrected chi connectivity index (χ3v) is 10.3. The van der Waals surface area contributed by atoms with Crippen molar-refractivity contribution in [1.29, 1.82) is 0 Å².